The van der Waals surface area contributed by atoms with E-state index >= 15 is 0 Å². The normalized spacial score (nSPS) is 9.18. The van der Waals surface area contributed by atoms with Gasteiger partial charge in [0.05, 0.1) is 0 Å². The Morgan fingerprint density at radius 1 is 0.941 bits per heavy atom. The maximum Gasteiger partial charge on any atom is 0.151 e. The molecule has 0 fully saturated rings. The highest BCUT2D eigenvalue weighted by atomic mass is 16.1. The Hall–Kier alpha value is -2.33. The average Bonchev–Trinajstić information content (AvgIpc) is 2.40. The second-order valence-electron chi connectivity index (χ2n) is 3.67. The fourth-order valence-electron chi connectivity index (χ4n) is 1.55. The van der Waals surface area contributed by atoms with Gasteiger partial charge in [-0.3, -0.25) is 4.79 Å². The summed E-state index contributed by atoms with van der Waals surface area (Å²) in [5.74, 6) is 6.12. The molecule has 0 aliphatic heterocycles. The first-order valence-corrected chi connectivity index (χ1v) is 5.47. The van der Waals surface area contributed by atoms with Crippen molar-refractivity contribution in [1.82, 2.24) is 0 Å². The molecule has 17 heavy (non-hydrogen) atoms. The first-order chi connectivity index (χ1) is 8.40. The zero-order valence-corrected chi connectivity index (χ0v) is 9.39. The molecule has 2 rings (SSSR count). The van der Waals surface area contributed by atoms with Crippen molar-refractivity contribution in [3.63, 3.8) is 0 Å². The van der Waals surface area contributed by atoms with Crippen LogP contribution in [0.2, 0.25) is 0 Å². The Labute approximate surface area is 101 Å². The highest BCUT2D eigenvalue weighted by molar-refractivity contribution is 5.79. The number of carbonyl (C=O) groups excluding carboxylic acids is 1. The lowest BCUT2D eigenvalue weighted by Crippen LogP contribution is -1.86. The van der Waals surface area contributed by atoms with E-state index in [2.05, 4.69) is 11.8 Å². The molecule has 0 heterocycles. The summed E-state index contributed by atoms with van der Waals surface area (Å²) in [5, 5.41) is 0. The van der Waals surface area contributed by atoms with E-state index in [0.29, 0.717) is 12.0 Å². The van der Waals surface area contributed by atoms with E-state index in [0.717, 1.165) is 11.8 Å². The monoisotopic (exact) mass is 220 g/mol. The third-order valence-electron chi connectivity index (χ3n) is 2.45. The van der Waals surface area contributed by atoms with Gasteiger partial charge in [-0.05, 0) is 11.6 Å². The SMILES string of the molecule is O=Cc1ccccc1C#CCc1ccccc1. The van der Waals surface area contributed by atoms with Gasteiger partial charge in [-0.15, -0.1) is 0 Å². The number of hydrogen-bond donors (Lipinski definition) is 0. The minimum Gasteiger partial charge on any atom is -0.298 e. The molecule has 0 aliphatic rings. The summed E-state index contributed by atoms with van der Waals surface area (Å²) in [4.78, 5) is 10.8. The maximum absolute atomic E-state index is 10.8. The van der Waals surface area contributed by atoms with E-state index in [4.69, 9.17) is 0 Å². The standard InChI is InChI=1S/C16H12O/c17-13-16-11-5-4-10-15(16)12-6-9-14-7-2-1-3-8-14/h1-5,7-8,10-11,13H,9H2. The minimum absolute atomic E-state index is 0.646. The molecule has 0 spiro atoms. The predicted molar refractivity (Wildman–Crippen MR) is 68.9 cm³/mol. The third-order valence-corrected chi connectivity index (χ3v) is 2.45. The van der Waals surface area contributed by atoms with Crippen LogP contribution in [0.25, 0.3) is 0 Å². The van der Waals surface area contributed by atoms with Gasteiger partial charge >= 0.3 is 0 Å². The molecule has 82 valence electrons. The van der Waals surface area contributed by atoms with E-state index in [1.165, 1.54) is 5.56 Å². The van der Waals surface area contributed by atoms with E-state index in [-0.39, 0.29) is 0 Å². The van der Waals surface area contributed by atoms with Gasteiger partial charge < -0.3 is 0 Å². The Bertz CT molecular complexity index is 559. The lowest BCUT2D eigenvalue weighted by molar-refractivity contribution is 0.112. The first kappa shape index (κ1) is 11.2. The van der Waals surface area contributed by atoms with Crippen molar-refractivity contribution in [3.05, 3.63) is 71.3 Å². The van der Waals surface area contributed by atoms with Crippen LogP contribution in [-0.4, -0.2) is 6.29 Å². The van der Waals surface area contributed by atoms with Crippen LogP contribution in [0.1, 0.15) is 21.5 Å². The molecular formula is C16H12O. The van der Waals surface area contributed by atoms with Crippen LogP contribution in [0, 0.1) is 11.8 Å². The minimum atomic E-state index is 0.646. The van der Waals surface area contributed by atoms with Crippen LogP contribution in [0.5, 0.6) is 0 Å². The van der Waals surface area contributed by atoms with Crippen LogP contribution < -0.4 is 0 Å². The van der Waals surface area contributed by atoms with Crippen molar-refractivity contribution in [1.29, 1.82) is 0 Å². The molecule has 0 saturated heterocycles. The molecule has 0 bridgehead atoms. The molecule has 0 N–H and O–H groups in total. The zero-order chi connectivity index (χ0) is 11.9. The molecule has 1 nitrogen and oxygen atoms in total. The molecule has 0 aromatic heterocycles. The van der Waals surface area contributed by atoms with Gasteiger partial charge in [-0.1, -0.05) is 60.4 Å². The summed E-state index contributed by atoms with van der Waals surface area (Å²) in [6.07, 6.45) is 1.54. The van der Waals surface area contributed by atoms with E-state index in [1.54, 1.807) is 6.07 Å². The van der Waals surface area contributed by atoms with Crippen molar-refractivity contribution >= 4 is 6.29 Å². The molecule has 2 aromatic rings. The highest BCUT2D eigenvalue weighted by Crippen LogP contribution is 2.04. The Morgan fingerprint density at radius 2 is 1.65 bits per heavy atom. The first-order valence-electron chi connectivity index (χ1n) is 5.47. The fourth-order valence-corrected chi connectivity index (χ4v) is 1.55. The van der Waals surface area contributed by atoms with Gasteiger partial charge in [0.15, 0.2) is 6.29 Å². The van der Waals surface area contributed by atoms with Gasteiger partial charge in [0.2, 0.25) is 0 Å². The predicted octanol–water partition coefficient (Wildman–Crippen LogP) is 3.09. The van der Waals surface area contributed by atoms with Crippen LogP contribution >= 0.6 is 0 Å². The molecule has 0 saturated carbocycles. The molecule has 0 aliphatic carbocycles. The second kappa shape index (κ2) is 5.67. The lowest BCUT2D eigenvalue weighted by atomic mass is 10.1. The smallest absolute Gasteiger partial charge is 0.151 e. The lowest BCUT2D eigenvalue weighted by Gasteiger charge is -1.94. The average molecular weight is 220 g/mol. The van der Waals surface area contributed by atoms with Gasteiger partial charge in [-0.25, -0.2) is 0 Å². The molecule has 0 unspecified atom stereocenters. The zero-order valence-electron chi connectivity index (χ0n) is 9.39. The van der Waals surface area contributed by atoms with Gasteiger partial charge in [-0.2, -0.15) is 0 Å². The van der Waals surface area contributed by atoms with E-state index < -0.39 is 0 Å². The fraction of sp³-hybridized carbons (Fsp3) is 0.0625. The maximum atomic E-state index is 10.8. The van der Waals surface area contributed by atoms with Crippen molar-refractivity contribution in [3.8, 4) is 11.8 Å². The molecule has 0 amide bonds. The molecule has 2 aromatic carbocycles. The number of benzene rings is 2. The van der Waals surface area contributed by atoms with Crippen molar-refractivity contribution < 1.29 is 4.79 Å². The van der Waals surface area contributed by atoms with Crippen molar-refractivity contribution in [2.45, 2.75) is 6.42 Å². The van der Waals surface area contributed by atoms with E-state index in [9.17, 15) is 4.79 Å². The summed E-state index contributed by atoms with van der Waals surface area (Å²) in [5.41, 5.74) is 2.62. The van der Waals surface area contributed by atoms with Crippen molar-refractivity contribution in [2.24, 2.45) is 0 Å². The summed E-state index contributed by atoms with van der Waals surface area (Å²) >= 11 is 0. The highest BCUT2D eigenvalue weighted by Gasteiger charge is 1.95. The summed E-state index contributed by atoms with van der Waals surface area (Å²) in [6.45, 7) is 0. The molecule has 1 heteroatoms. The summed E-state index contributed by atoms with van der Waals surface area (Å²) < 4.78 is 0. The molecular weight excluding hydrogens is 208 g/mol. The Kier molecular flexibility index (Phi) is 3.72. The van der Waals surface area contributed by atoms with Crippen LogP contribution in [0.4, 0.5) is 0 Å². The number of rotatable bonds is 2. The largest absolute Gasteiger partial charge is 0.298 e. The Morgan fingerprint density at radius 3 is 2.41 bits per heavy atom. The number of aldehydes is 1. The topological polar surface area (TPSA) is 17.1 Å². The molecule has 0 radical (unpaired) electrons. The summed E-state index contributed by atoms with van der Waals surface area (Å²) in [6, 6.07) is 17.4. The Balaban J connectivity index is 2.14. The van der Waals surface area contributed by atoms with Crippen LogP contribution in [0.15, 0.2) is 54.6 Å². The van der Waals surface area contributed by atoms with Gasteiger partial charge in [0, 0.05) is 17.5 Å². The quantitative estimate of drug-likeness (QED) is 0.561. The number of hydrogen-bond acceptors (Lipinski definition) is 1. The van der Waals surface area contributed by atoms with Crippen LogP contribution in [-0.2, 0) is 6.42 Å². The van der Waals surface area contributed by atoms with Crippen molar-refractivity contribution in [2.75, 3.05) is 0 Å². The van der Waals surface area contributed by atoms with Crippen LogP contribution in [0.3, 0.4) is 0 Å². The van der Waals surface area contributed by atoms with Gasteiger partial charge in [0.1, 0.15) is 0 Å². The van der Waals surface area contributed by atoms with E-state index in [1.807, 2.05) is 48.5 Å². The molecule has 0 atom stereocenters. The number of carbonyl (C=O) groups is 1. The van der Waals surface area contributed by atoms with Gasteiger partial charge in [0.25, 0.3) is 0 Å². The third kappa shape index (κ3) is 3.06. The summed E-state index contributed by atoms with van der Waals surface area (Å²) in [7, 11) is 0. The second-order valence-corrected chi connectivity index (χ2v) is 3.67.